The van der Waals surface area contributed by atoms with E-state index in [-0.39, 0.29) is 0 Å². The molecule has 0 amide bonds. The Morgan fingerprint density at radius 2 is 2.40 bits per heavy atom. The van der Waals surface area contributed by atoms with E-state index in [1.807, 2.05) is 0 Å². The van der Waals surface area contributed by atoms with Gasteiger partial charge in [-0.05, 0) is 18.8 Å². The van der Waals surface area contributed by atoms with Gasteiger partial charge in [0.15, 0.2) is 5.13 Å². The topological polar surface area (TPSA) is 57.9 Å². The first-order valence-corrected chi connectivity index (χ1v) is 5.87. The lowest BCUT2D eigenvalue weighted by Crippen LogP contribution is -2.22. The molecule has 1 aliphatic rings. The molecule has 1 fully saturated rings. The molecule has 0 radical (unpaired) electrons. The van der Waals surface area contributed by atoms with Gasteiger partial charge in [0.1, 0.15) is 10.9 Å². The van der Waals surface area contributed by atoms with E-state index in [0.29, 0.717) is 10.8 Å². The first-order valence-electron chi connectivity index (χ1n) is 5.06. The Labute approximate surface area is 92.9 Å². The number of nitrogens with one attached hydrogen (secondary N) is 1. The maximum absolute atomic E-state index is 8.64. The minimum absolute atomic E-state index is 0.657. The summed E-state index contributed by atoms with van der Waals surface area (Å²) in [5.41, 5.74) is 0. The van der Waals surface area contributed by atoms with Crippen molar-refractivity contribution in [2.24, 2.45) is 5.92 Å². The summed E-state index contributed by atoms with van der Waals surface area (Å²) in [7, 11) is 0. The summed E-state index contributed by atoms with van der Waals surface area (Å²) >= 11 is 1.41. The van der Waals surface area contributed by atoms with Crippen molar-refractivity contribution in [3.63, 3.8) is 0 Å². The average Bonchev–Trinajstić information content (AvgIpc) is 2.76. The van der Waals surface area contributed by atoms with Crippen molar-refractivity contribution >= 4 is 16.5 Å². The molecule has 4 nitrogen and oxygen atoms in total. The van der Waals surface area contributed by atoms with E-state index in [0.717, 1.165) is 37.7 Å². The van der Waals surface area contributed by atoms with Crippen molar-refractivity contribution in [3.8, 4) is 6.07 Å². The van der Waals surface area contributed by atoms with Crippen molar-refractivity contribution < 1.29 is 4.74 Å². The van der Waals surface area contributed by atoms with Crippen LogP contribution in [0.3, 0.4) is 0 Å². The second kappa shape index (κ2) is 5.10. The molecule has 1 aromatic rings. The Hall–Kier alpha value is -1.12. The molecule has 0 bridgehead atoms. The number of nitrogens with zero attached hydrogens (tertiary/aromatic N) is 2. The molecule has 1 N–H and O–H groups in total. The van der Waals surface area contributed by atoms with Crippen molar-refractivity contribution in [1.29, 1.82) is 5.26 Å². The van der Waals surface area contributed by atoms with Gasteiger partial charge in [-0.2, -0.15) is 5.26 Å². The first kappa shape index (κ1) is 10.4. The Bertz CT molecular complexity index is 352. The minimum atomic E-state index is 0.657. The number of hydrogen-bond acceptors (Lipinski definition) is 5. The summed E-state index contributed by atoms with van der Waals surface area (Å²) in [6, 6.07) is 2.08. The zero-order valence-electron chi connectivity index (χ0n) is 8.40. The van der Waals surface area contributed by atoms with E-state index in [9.17, 15) is 0 Å². The van der Waals surface area contributed by atoms with Crippen molar-refractivity contribution in [2.45, 2.75) is 12.8 Å². The predicted molar refractivity (Wildman–Crippen MR) is 58.9 cm³/mol. The molecule has 1 aliphatic heterocycles. The molecule has 2 heterocycles. The van der Waals surface area contributed by atoms with E-state index in [1.54, 1.807) is 6.20 Å². The van der Waals surface area contributed by atoms with Gasteiger partial charge in [0, 0.05) is 19.8 Å². The van der Waals surface area contributed by atoms with Crippen LogP contribution in [0.25, 0.3) is 0 Å². The van der Waals surface area contributed by atoms with Crippen LogP contribution in [0.1, 0.15) is 17.7 Å². The third kappa shape index (κ3) is 2.91. The lowest BCUT2D eigenvalue weighted by Gasteiger charge is -2.21. The highest BCUT2D eigenvalue weighted by Crippen LogP contribution is 2.19. The van der Waals surface area contributed by atoms with Gasteiger partial charge >= 0.3 is 0 Å². The molecule has 15 heavy (non-hydrogen) atoms. The number of anilines is 1. The Morgan fingerprint density at radius 3 is 3.07 bits per heavy atom. The third-order valence-corrected chi connectivity index (χ3v) is 3.36. The van der Waals surface area contributed by atoms with Crippen molar-refractivity contribution in [2.75, 3.05) is 25.1 Å². The fourth-order valence-electron chi connectivity index (χ4n) is 1.59. The smallest absolute Gasteiger partial charge is 0.183 e. The Balaban J connectivity index is 1.79. The zero-order valence-corrected chi connectivity index (χ0v) is 9.22. The van der Waals surface area contributed by atoms with Gasteiger partial charge < -0.3 is 10.1 Å². The molecule has 80 valence electrons. The molecule has 0 aromatic carbocycles. The standard InChI is InChI=1S/C10H13N3OS/c11-5-9-7-13-10(15-9)12-6-8-1-3-14-4-2-8/h7-8H,1-4,6H2,(H,12,13). The highest BCUT2D eigenvalue weighted by molar-refractivity contribution is 7.16. The number of nitriles is 1. The highest BCUT2D eigenvalue weighted by atomic mass is 32.1. The summed E-state index contributed by atoms with van der Waals surface area (Å²) in [5, 5.41) is 12.8. The number of ether oxygens (including phenoxy) is 1. The third-order valence-electron chi connectivity index (χ3n) is 2.50. The number of rotatable bonds is 3. The van der Waals surface area contributed by atoms with Crippen LogP contribution in [0.4, 0.5) is 5.13 Å². The van der Waals surface area contributed by atoms with Crippen LogP contribution in [-0.4, -0.2) is 24.7 Å². The number of thiazole rings is 1. The Morgan fingerprint density at radius 1 is 1.60 bits per heavy atom. The predicted octanol–water partition coefficient (Wildman–Crippen LogP) is 1.85. The monoisotopic (exact) mass is 223 g/mol. The molecule has 1 aromatic heterocycles. The lowest BCUT2D eigenvalue weighted by molar-refractivity contribution is 0.0699. The molecule has 0 unspecified atom stereocenters. The van der Waals surface area contributed by atoms with Gasteiger partial charge in [0.05, 0.1) is 6.20 Å². The molecule has 0 spiro atoms. The van der Waals surface area contributed by atoms with Crippen LogP contribution in [-0.2, 0) is 4.74 Å². The lowest BCUT2D eigenvalue weighted by atomic mass is 10.0. The van der Waals surface area contributed by atoms with Gasteiger partial charge in [-0.3, -0.25) is 0 Å². The molecule has 0 saturated carbocycles. The minimum Gasteiger partial charge on any atom is -0.381 e. The van der Waals surface area contributed by atoms with Crippen LogP contribution in [0.2, 0.25) is 0 Å². The molecule has 0 aliphatic carbocycles. The second-order valence-electron chi connectivity index (χ2n) is 3.58. The van der Waals surface area contributed by atoms with Crippen molar-refractivity contribution in [1.82, 2.24) is 4.98 Å². The van der Waals surface area contributed by atoms with E-state index in [1.165, 1.54) is 11.3 Å². The molecule has 0 atom stereocenters. The summed E-state index contributed by atoms with van der Waals surface area (Å²) in [6.07, 6.45) is 3.84. The maximum atomic E-state index is 8.64. The van der Waals surface area contributed by atoms with E-state index in [2.05, 4.69) is 16.4 Å². The summed E-state index contributed by atoms with van der Waals surface area (Å²) in [5.74, 6) is 0.674. The number of aromatic nitrogens is 1. The van der Waals surface area contributed by atoms with Crippen LogP contribution in [0.15, 0.2) is 6.20 Å². The molecular formula is C10H13N3OS. The quantitative estimate of drug-likeness (QED) is 0.849. The summed E-state index contributed by atoms with van der Waals surface area (Å²) < 4.78 is 5.29. The summed E-state index contributed by atoms with van der Waals surface area (Å²) in [4.78, 5) is 4.78. The normalized spacial score (nSPS) is 17.3. The van der Waals surface area contributed by atoms with Gasteiger partial charge in [-0.1, -0.05) is 11.3 Å². The van der Waals surface area contributed by atoms with E-state index < -0.39 is 0 Å². The summed E-state index contributed by atoms with van der Waals surface area (Å²) in [6.45, 7) is 2.67. The van der Waals surface area contributed by atoms with Crippen LogP contribution in [0.5, 0.6) is 0 Å². The van der Waals surface area contributed by atoms with Gasteiger partial charge in [-0.25, -0.2) is 4.98 Å². The van der Waals surface area contributed by atoms with Crippen molar-refractivity contribution in [3.05, 3.63) is 11.1 Å². The SMILES string of the molecule is N#Cc1cnc(NCC2CCOCC2)s1. The van der Waals surface area contributed by atoms with Gasteiger partial charge in [-0.15, -0.1) is 0 Å². The van der Waals surface area contributed by atoms with Crippen LogP contribution >= 0.6 is 11.3 Å². The molecular weight excluding hydrogens is 210 g/mol. The largest absolute Gasteiger partial charge is 0.381 e. The second-order valence-corrected chi connectivity index (χ2v) is 4.61. The van der Waals surface area contributed by atoms with Gasteiger partial charge in [0.25, 0.3) is 0 Å². The molecule has 2 rings (SSSR count). The maximum Gasteiger partial charge on any atom is 0.183 e. The highest BCUT2D eigenvalue weighted by Gasteiger charge is 2.13. The van der Waals surface area contributed by atoms with E-state index in [4.69, 9.17) is 10.00 Å². The van der Waals surface area contributed by atoms with Gasteiger partial charge in [0.2, 0.25) is 0 Å². The molecule has 1 saturated heterocycles. The molecule has 5 heteroatoms. The Kier molecular flexibility index (Phi) is 3.54. The average molecular weight is 223 g/mol. The number of hydrogen-bond donors (Lipinski definition) is 1. The fourth-order valence-corrected chi connectivity index (χ4v) is 2.21. The first-order chi connectivity index (χ1) is 7.38. The fraction of sp³-hybridized carbons (Fsp3) is 0.600. The van der Waals surface area contributed by atoms with Crippen LogP contribution in [0, 0.1) is 17.2 Å². The zero-order chi connectivity index (χ0) is 10.5. The van der Waals surface area contributed by atoms with E-state index >= 15 is 0 Å². The van der Waals surface area contributed by atoms with Crippen LogP contribution < -0.4 is 5.32 Å².